The fourth-order valence-corrected chi connectivity index (χ4v) is 3.45. The van der Waals surface area contributed by atoms with Crippen molar-refractivity contribution in [3.05, 3.63) is 11.9 Å². The second kappa shape index (κ2) is 5.95. The molecular weight excluding hydrogens is 252 g/mol. The van der Waals surface area contributed by atoms with E-state index in [0.29, 0.717) is 11.9 Å². The zero-order valence-electron chi connectivity index (χ0n) is 12.4. The summed E-state index contributed by atoms with van der Waals surface area (Å²) in [5.41, 5.74) is 0. The molecule has 0 saturated carbocycles. The van der Waals surface area contributed by atoms with E-state index < -0.39 is 0 Å². The molecule has 2 atom stereocenters. The van der Waals surface area contributed by atoms with Crippen molar-refractivity contribution in [1.82, 2.24) is 15.3 Å². The molecule has 3 heterocycles. The standard InChI is InChI=1S/C15H24N4O/c1-11-17-14(9-15(18-11)20-2)19-8-4-5-12(10-19)13-6-3-7-16-13/h9,12-13,16H,3-8,10H2,1-2H3. The number of rotatable bonds is 3. The summed E-state index contributed by atoms with van der Waals surface area (Å²) in [5, 5.41) is 3.65. The number of hydrogen-bond donors (Lipinski definition) is 1. The van der Waals surface area contributed by atoms with E-state index in [9.17, 15) is 0 Å². The predicted octanol–water partition coefficient (Wildman–Crippen LogP) is 1.76. The van der Waals surface area contributed by atoms with Crippen LogP contribution in [-0.4, -0.2) is 42.8 Å². The van der Waals surface area contributed by atoms with Gasteiger partial charge in [0.25, 0.3) is 0 Å². The first-order chi connectivity index (χ1) is 9.76. The summed E-state index contributed by atoms with van der Waals surface area (Å²) in [5.74, 6) is 3.19. The van der Waals surface area contributed by atoms with Gasteiger partial charge >= 0.3 is 0 Å². The molecule has 0 bridgehead atoms. The summed E-state index contributed by atoms with van der Waals surface area (Å²) in [6.07, 6.45) is 5.22. The number of ether oxygens (including phenoxy) is 1. The molecule has 110 valence electrons. The van der Waals surface area contributed by atoms with Gasteiger partial charge in [0.05, 0.1) is 7.11 Å². The minimum atomic E-state index is 0.661. The monoisotopic (exact) mass is 276 g/mol. The Labute approximate surface area is 120 Å². The van der Waals surface area contributed by atoms with Crippen molar-refractivity contribution in [2.45, 2.75) is 38.6 Å². The van der Waals surface area contributed by atoms with E-state index in [1.54, 1.807) is 7.11 Å². The SMILES string of the molecule is COc1cc(N2CCCC(C3CCCN3)C2)nc(C)n1. The third-order valence-electron chi connectivity index (χ3n) is 4.46. The van der Waals surface area contributed by atoms with Crippen LogP contribution < -0.4 is 15.0 Å². The molecule has 2 saturated heterocycles. The first-order valence-electron chi connectivity index (χ1n) is 7.64. The highest BCUT2D eigenvalue weighted by molar-refractivity contribution is 5.42. The first-order valence-corrected chi connectivity index (χ1v) is 7.64. The van der Waals surface area contributed by atoms with Crippen molar-refractivity contribution in [2.75, 3.05) is 31.6 Å². The van der Waals surface area contributed by atoms with Gasteiger partial charge in [-0.3, -0.25) is 0 Å². The molecule has 0 aromatic carbocycles. The summed E-state index contributed by atoms with van der Waals surface area (Å²) in [6, 6.07) is 2.65. The Morgan fingerprint density at radius 1 is 1.30 bits per heavy atom. The van der Waals surface area contributed by atoms with Crippen LogP contribution in [0.15, 0.2) is 6.07 Å². The Morgan fingerprint density at radius 2 is 2.20 bits per heavy atom. The van der Waals surface area contributed by atoms with Gasteiger partial charge in [0.15, 0.2) is 0 Å². The molecular formula is C15H24N4O. The molecule has 0 aliphatic carbocycles. The van der Waals surface area contributed by atoms with Crippen LogP contribution in [0.3, 0.4) is 0 Å². The average Bonchev–Trinajstić information content (AvgIpc) is 3.01. The van der Waals surface area contributed by atoms with E-state index >= 15 is 0 Å². The van der Waals surface area contributed by atoms with Gasteiger partial charge in [-0.15, -0.1) is 0 Å². The minimum absolute atomic E-state index is 0.661. The minimum Gasteiger partial charge on any atom is -0.481 e. The number of hydrogen-bond acceptors (Lipinski definition) is 5. The van der Waals surface area contributed by atoms with Crippen molar-refractivity contribution < 1.29 is 4.74 Å². The lowest BCUT2D eigenvalue weighted by Crippen LogP contribution is -2.43. The summed E-state index contributed by atoms with van der Waals surface area (Å²) in [6.45, 7) is 5.29. The maximum absolute atomic E-state index is 5.26. The van der Waals surface area contributed by atoms with Crippen molar-refractivity contribution in [3.8, 4) is 5.88 Å². The van der Waals surface area contributed by atoms with Gasteiger partial charge in [0.2, 0.25) is 5.88 Å². The van der Waals surface area contributed by atoms with E-state index in [1.165, 1.54) is 32.2 Å². The lowest BCUT2D eigenvalue weighted by atomic mass is 9.90. The van der Waals surface area contributed by atoms with Gasteiger partial charge in [-0.25, -0.2) is 4.98 Å². The largest absolute Gasteiger partial charge is 0.481 e. The highest BCUT2D eigenvalue weighted by Crippen LogP contribution is 2.28. The van der Waals surface area contributed by atoms with Crippen LogP contribution in [0.4, 0.5) is 5.82 Å². The van der Waals surface area contributed by atoms with Gasteiger partial charge in [0.1, 0.15) is 11.6 Å². The molecule has 5 heteroatoms. The molecule has 20 heavy (non-hydrogen) atoms. The summed E-state index contributed by atoms with van der Waals surface area (Å²) in [7, 11) is 1.66. The summed E-state index contributed by atoms with van der Waals surface area (Å²) < 4.78 is 5.26. The first kappa shape index (κ1) is 13.6. The third kappa shape index (κ3) is 2.87. The molecule has 2 fully saturated rings. The van der Waals surface area contributed by atoms with E-state index in [1.807, 2.05) is 13.0 Å². The van der Waals surface area contributed by atoms with Gasteiger partial charge < -0.3 is 15.0 Å². The van der Waals surface area contributed by atoms with Crippen molar-refractivity contribution in [2.24, 2.45) is 5.92 Å². The Kier molecular flexibility index (Phi) is 4.05. The number of aryl methyl sites for hydroxylation is 1. The van der Waals surface area contributed by atoms with Crippen LogP contribution >= 0.6 is 0 Å². The van der Waals surface area contributed by atoms with Crippen LogP contribution in [0.2, 0.25) is 0 Å². The smallest absolute Gasteiger partial charge is 0.218 e. The lowest BCUT2D eigenvalue weighted by Gasteiger charge is -2.36. The molecule has 1 aromatic heterocycles. The number of aromatic nitrogens is 2. The Hall–Kier alpha value is -1.36. The van der Waals surface area contributed by atoms with E-state index in [0.717, 1.165) is 30.6 Å². The molecule has 2 aliphatic heterocycles. The average molecular weight is 276 g/mol. The van der Waals surface area contributed by atoms with Crippen LogP contribution in [0.5, 0.6) is 5.88 Å². The Bertz CT molecular complexity index is 459. The lowest BCUT2D eigenvalue weighted by molar-refractivity contribution is 0.327. The summed E-state index contributed by atoms with van der Waals surface area (Å²) in [4.78, 5) is 11.2. The van der Waals surface area contributed by atoms with E-state index in [2.05, 4.69) is 20.2 Å². The number of methoxy groups -OCH3 is 1. The number of piperidine rings is 1. The van der Waals surface area contributed by atoms with Crippen LogP contribution in [-0.2, 0) is 0 Å². The fraction of sp³-hybridized carbons (Fsp3) is 0.733. The van der Waals surface area contributed by atoms with Crippen LogP contribution in [0.25, 0.3) is 0 Å². The van der Waals surface area contributed by atoms with Crippen LogP contribution in [0.1, 0.15) is 31.5 Å². The number of anilines is 1. The quantitative estimate of drug-likeness (QED) is 0.911. The summed E-state index contributed by atoms with van der Waals surface area (Å²) >= 11 is 0. The van der Waals surface area contributed by atoms with Gasteiger partial charge in [0, 0.05) is 25.2 Å². The Balaban J connectivity index is 1.74. The van der Waals surface area contributed by atoms with Gasteiger partial charge in [-0.2, -0.15) is 4.98 Å². The van der Waals surface area contributed by atoms with Crippen molar-refractivity contribution >= 4 is 5.82 Å². The Morgan fingerprint density at radius 3 is 2.95 bits per heavy atom. The second-order valence-corrected chi connectivity index (χ2v) is 5.87. The molecule has 2 unspecified atom stereocenters. The molecule has 3 rings (SSSR count). The highest BCUT2D eigenvalue weighted by atomic mass is 16.5. The van der Waals surface area contributed by atoms with Gasteiger partial charge in [-0.1, -0.05) is 0 Å². The third-order valence-corrected chi connectivity index (χ3v) is 4.46. The zero-order chi connectivity index (χ0) is 13.9. The fourth-order valence-electron chi connectivity index (χ4n) is 3.45. The molecule has 5 nitrogen and oxygen atoms in total. The zero-order valence-corrected chi connectivity index (χ0v) is 12.4. The van der Waals surface area contributed by atoms with Crippen molar-refractivity contribution in [1.29, 1.82) is 0 Å². The van der Waals surface area contributed by atoms with E-state index in [-0.39, 0.29) is 0 Å². The molecule has 1 N–H and O–H groups in total. The topological polar surface area (TPSA) is 50.3 Å². The predicted molar refractivity (Wildman–Crippen MR) is 79.3 cm³/mol. The normalized spacial score (nSPS) is 26.8. The van der Waals surface area contributed by atoms with Crippen LogP contribution in [0, 0.1) is 12.8 Å². The second-order valence-electron chi connectivity index (χ2n) is 5.87. The molecule has 2 aliphatic rings. The molecule has 0 amide bonds. The molecule has 0 spiro atoms. The van der Waals surface area contributed by atoms with Crippen molar-refractivity contribution in [3.63, 3.8) is 0 Å². The maximum Gasteiger partial charge on any atom is 0.218 e. The number of nitrogens with zero attached hydrogens (tertiary/aromatic N) is 3. The number of nitrogens with one attached hydrogen (secondary N) is 1. The van der Waals surface area contributed by atoms with Gasteiger partial charge in [-0.05, 0) is 45.1 Å². The maximum atomic E-state index is 5.26. The molecule has 0 radical (unpaired) electrons. The highest BCUT2D eigenvalue weighted by Gasteiger charge is 2.29. The van der Waals surface area contributed by atoms with E-state index in [4.69, 9.17) is 4.74 Å². The molecule has 1 aromatic rings.